The van der Waals surface area contributed by atoms with E-state index in [2.05, 4.69) is 5.32 Å². The SMILES string of the molecule is CC(C)CNC(=O)C(C)N(Cc1c(Cl)cccc1Cl)C(=O)COc1ccccc1. The van der Waals surface area contributed by atoms with Crippen molar-refractivity contribution in [2.24, 2.45) is 5.92 Å². The van der Waals surface area contributed by atoms with E-state index in [-0.39, 0.29) is 25.0 Å². The van der Waals surface area contributed by atoms with Gasteiger partial charge in [0.15, 0.2) is 6.61 Å². The van der Waals surface area contributed by atoms with Gasteiger partial charge in [0.2, 0.25) is 5.91 Å². The third-order valence-corrected chi connectivity index (χ3v) is 5.06. The topological polar surface area (TPSA) is 58.6 Å². The maximum atomic E-state index is 13.0. The summed E-state index contributed by atoms with van der Waals surface area (Å²) in [4.78, 5) is 27.0. The van der Waals surface area contributed by atoms with Crippen LogP contribution in [0.3, 0.4) is 0 Å². The van der Waals surface area contributed by atoms with E-state index in [1.807, 2.05) is 32.0 Å². The van der Waals surface area contributed by atoms with Gasteiger partial charge in [0.05, 0.1) is 0 Å². The lowest BCUT2D eigenvalue weighted by Crippen LogP contribution is -2.49. The number of nitrogens with one attached hydrogen (secondary N) is 1. The van der Waals surface area contributed by atoms with Gasteiger partial charge in [-0.2, -0.15) is 0 Å². The summed E-state index contributed by atoms with van der Waals surface area (Å²) in [6.07, 6.45) is 0. The molecule has 1 atom stereocenters. The van der Waals surface area contributed by atoms with Crippen LogP contribution in [0.15, 0.2) is 48.5 Å². The Morgan fingerprint density at radius 2 is 1.62 bits per heavy atom. The molecule has 0 bridgehead atoms. The van der Waals surface area contributed by atoms with Crippen molar-refractivity contribution in [1.82, 2.24) is 10.2 Å². The predicted molar refractivity (Wildman–Crippen MR) is 116 cm³/mol. The quantitative estimate of drug-likeness (QED) is 0.626. The van der Waals surface area contributed by atoms with Crippen molar-refractivity contribution in [2.75, 3.05) is 13.2 Å². The second kappa shape index (κ2) is 11.1. The number of carbonyl (C=O) groups excluding carboxylic acids is 2. The number of hydrogen-bond donors (Lipinski definition) is 1. The Morgan fingerprint density at radius 3 is 2.21 bits per heavy atom. The van der Waals surface area contributed by atoms with Crippen molar-refractivity contribution in [2.45, 2.75) is 33.4 Å². The van der Waals surface area contributed by atoms with Crippen molar-refractivity contribution in [1.29, 1.82) is 0 Å². The van der Waals surface area contributed by atoms with Gasteiger partial charge in [-0.1, -0.05) is 61.3 Å². The number of nitrogens with zero attached hydrogens (tertiary/aromatic N) is 1. The fourth-order valence-electron chi connectivity index (χ4n) is 2.63. The maximum absolute atomic E-state index is 13.0. The van der Waals surface area contributed by atoms with Crippen molar-refractivity contribution in [3.8, 4) is 5.75 Å². The van der Waals surface area contributed by atoms with Crippen LogP contribution in [0.1, 0.15) is 26.3 Å². The molecular formula is C22H26Cl2N2O3. The molecule has 0 radical (unpaired) electrons. The predicted octanol–water partition coefficient (Wildman–Crippen LogP) is 4.56. The van der Waals surface area contributed by atoms with Crippen molar-refractivity contribution in [3.05, 3.63) is 64.1 Å². The molecule has 0 heterocycles. The summed E-state index contributed by atoms with van der Waals surface area (Å²) >= 11 is 12.6. The monoisotopic (exact) mass is 436 g/mol. The fourth-order valence-corrected chi connectivity index (χ4v) is 3.15. The van der Waals surface area contributed by atoms with E-state index >= 15 is 0 Å². The average molecular weight is 437 g/mol. The third-order valence-electron chi connectivity index (χ3n) is 4.35. The molecule has 29 heavy (non-hydrogen) atoms. The average Bonchev–Trinajstić information content (AvgIpc) is 2.70. The number of carbonyl (C=O) groups is 2. The van der Waals surface area contributed by atoms with Crippen LogP contribution in [-0.4, -0.2) is 35.9 Å². The summed E-state index contributed by atoms with van der Waals surface area (Å²) in [6, 6.07) is 13.5. The van der Waals surface area contributed by atoms with Crippen LogP contribution in [0, 0.1) is 5.92 Å². The van der Waals surface area contributed by atoms with Crippen molar-refractivity contribution < 1.29 is 14.3 Å². The molecule has 5 nitrogen and oxygen atoms in total. The van der Waals surface area contributed by atoms with Crippen LogP contribution >= 0.6 is 23.2 Å². The second-order valence-corrected chi connectivity index (χ2v) is 7.95. The molecule has 0 aromatic heterocycles. The van der Waals surface area contributed by atoms with Gasteiger partial charge in [-0.25, -0.2) is 0 Å². The van der Waals surface area contributed by atoms with E-state index in [1.54, 1.807) is 37.3 Å². The van der Waals surface area contributed by atoms with Crippen molar-refractivity contribution in [3.63, 3.8) is 0 Å². The lowest BCUT2D eigenvalue weighted by atomic mass is 10.1. The van der Waals surface area contributed by atoms with Crippen molar-refractivity contribution >= 4 is 35.0 Å². The van der Waals surface area contributed by atoms with E-state index in [4.69, 9.17) is 27.9 Å². The Bertz CT molecular complexity index is 808. The van der Waals surface area contributed by atoms with Gasteiger partial charge >= 0.3 is 0 Å². The highest BCUT2D eigenvalue weighted by atomic mass is 35.5. The summed E-state index contributed by atoms with van der Waals surface area (Å²) < 4.78 is 5.59. The van der Waals surface area contributed by atoms with E-state index in [0.717, 1.165) is 0 Å². The molecule has 7 heteroatoms. The highest BCUT2D eigenvalue weighted by Crippen LogP contribution is 2.26. The van der Waals surface area contributed by atoms with Crippen LogP contribution < -0.4 is 10.1 Å². The van der Waals surface area contributed by atoms with Crippen LogP contribution in [0.25, 0.3) is 0 Å². The normalized spacial score (nSPS) is 11.8. The molecule has 0 saturated carbocycles. The maximum Gasteiger partial charge on any atom is 0.261 e. The summed E-state index contributed by atoms with van der Waals surface area (Å²) in [5, 5.41) is 3.74. The Morgan fingerprint density at radius 1 is 1.00 bits per heavy atom. The molecule has 156 valence electrons. The first kappa shape index (κ1) is 23.0. The van der Waals surface area contributed by atoms with Gasteiger partial charge in [-0.05, 0) is 37.1 Å². The number of para-hydroxylation sites is 1. The summed E-state index contributed by atoms with van der Waals surface area (Å²) in [7, 11) is 0. The first-order valence-electron chi connectivity index (χ1n) is 9.47. The van der Waals surface area contributed by atoms with Gasteiger partial charge in [0.25, 0.3) is 5.91 Å². The molecule has 2 rings (SSSR count). The zero-order valence-electron chi connectivity index (χ0n) is 16.8. The van der Waals surface area contributed by atoms with E-state index in [0.29, 0.717) is 33.8 Å². The largest absolute Gasteiger partial charge is 0.484 e. The molecule has 0 aliphatic rings. The van der Waals surface area contributed by atoms with Gasteiger partial charge in [0.1, 0.15) is 11.8 Å². The standard InChI is InChI=1S/C22H26Cl2N2O3/c1-15(2)12-25-22(28)16(3)26(13-18-19(23)10-7-11-20(18)24)21(27)14-29-17-8-5-4-6-9-17/h4-11,15-16H,12-14H2,1-3H3,(H,25,28). The summed E-state index contributed by atoms with van der Waals surface area (Å²) in [5.41, 5.74) is 0.590. The summed E-state index contributed by atoms with van der Waals surface area (Å²) in [5.74, 6) is 0.301. The van der Waals surface area contributed by atoms with Crippen LogP contribution in [0.4, 0.5) is 0 Å². The van der Waals surface area contributed by atoms with Gasteiger partial charge < -0.3 is 15.0 Å². The van der Waals surface area contributed by atoms with Crippen LogP contribution in [-0.2, 0) is 16.1 Å². The number of benzene rings is 2. The number of hydrogen-bond acceptors (Lipinski definition) is 3. The van der Waals surface area contributed by atoms with Crippen LogP contribution in [0.2, 0.25) is 10.0 Å². The third kappa shape index (κ3) is 6.94. The molecule has 1 unspecified atom stereocenters. The molecule has 0 fully saturated rings. The zero-order chi connectivity index (χ0) is 21.4. The number of rotatable bonds is 9. The minimum Gasteiger partial charge on any atom is -0.484 e. The molecule has 1 N–H and O–H groups in total. The number of halogens is 2. The Kier molecular flexibility index (Phi) is 8.80. The van der Waals surface area contributed by atoms with Crippen LogP contribution in [0.5, 0.6) is 5.75 Å². The first-order valence-corrected chi connectivity index (χ1v) is 10.2. The fraction of sp³-hybridized carbons (Fsp3) is 0.364. The first-order chi connectivity index (χ1) is 13.8. The van der Waals surface area contributed by atoms with Gasteiger partial charge in [-0.3, -0.25) is 9.59 Å². The molecular weight excluding hydrogens is 411 g/mol. The zero-order valence-corrected chi connectivity index (χ0v) is 18.3. The van der Waals surface area contributed by atoms with E-state index in [1.165, 1.54) is 4.90 Å². The van der Waals surface area contributed by atoms with Gasteiger partial charge in [-0.15, -0.1) is 0 Å². The molecule has 0 aliphatic carbocycles. The Labute approximate surface area is 181 Å². The minimum absolute atomic E-state index is 0.103. The Balaban J connectivity index is 2.19. The van der Waals surface area contributed by atoms with Gasteiger partial charge in [0, 0.05) is 28.7 Å². The molecule has 0 aliphatic heterocycles. The summed E-state index contributed by atoms with van der Waals surface area (Å²) in [6.45, 7) is 6.12. The number of amides is 2. The lowest BCUT2D eigenvalue weighted by Gasteiger charge is -2.29. The Hall–Kier alpha value is -2.24. The minimum atomic E-state index is -0.715. The molecule has 0 spiro atoms. The molecule has 2 aromatic rings. The second-order valence-electron chi connectivity index (χ2n) is 7.14. The van der Waals surface area contributed by atoms with E-state index < -0.39 is 6.04 Å². The molecule has 2 aromatic carbocycles. The highest BCUT2D eigenvalue weighted by Gasteiger charge is 2.27. The number of ether oxygens (including phenoxy) is 1. The van der Waals surface area contributed by atoms with E-state index in [9.17, 15) is 9.59 Å². The molecule has 2 amide bonds. The highest BCUT2D eigenvalue weighted by molar-refractivity contribution is 6.36. The smallest absolute Gasteiger partial charge is 0.261 e. The lowest BCUT2D eigenvalue weighted by molar-refractivity contribution is -0.142. The molecule has 0 saturated heterocycles.